The molecule has 6 nitrogen and oxygen atoms in total. The molecular weight excluding hydrogens is 306 g/mol. The number of primary amides is 1. The van der Waals surface area contributed by atoms with Gasteiger partial charge in [0.1, 0.15) is 5.75 Å². The van der Waals surface area contributed by atoms with Gasteiger partial charge in [0.15, 0.2) is 0 Å². The van der Waals surface area contributed by atoms with Crippen molar-refractivity contribution >= 4 is 23.2 Å². The highest BCUT2D eigenvalue weighted by Gasteiger charge is 2.11. The highest BCUT2D eigenvalue weighted by Crippen LogP contribution is 2.24. The lowest BCUT2D eigenvalue weighted by Gasteiger charge is -2.15. The Hall–Kier alpha value is -3.02. The van der Waals surface area contributed by atoms with Crippen LogP contribution in [0.25, 0.3) is 0 Å². The van der Waals surface area contributed by atoms with Crippen molar-refractivity contribution in [3.63, 3.8) is 0 Å². The number of amides is 2. The first-order valence-electron chi connectivity index (χ1n) is 7.65. The number of ether oxygens (including phenoxy) is 1. The van der Waals surface area contributed by atoms with Gasteiger partial charge in [0.05, 0.1) is 23.9 Å². The molecule has 0 heterocycles. The van der Waals surface area contributed by atoms with Crippen molar-refractivity contribution in [1.82, 2.24) is 0 Å². The summed E-state index contributed by atoms with van der Waals surface area (Å²) < 4.78 is 5.66. The van der Waals surface area contributed by atoms with Crippen molar-refractivity contribution in [3.05, 3.63) is 54.1 Å². The minimum Gasteiger partial charge on any atom is -0.489 e. The fourth-order valence-corrected chi connectivity index (χ4v) is 2.15. The number of carbonyl (C=O) groups excluding carboxylic acids is 2. The van der Waals surface area contributed by atoms with Crippen molar-refractivity contribution in [2.24, 2.45) is 5.73 Å². The maximum Gasteiger partial charge on any atom is 0.250 e. The molecule has 0 aliphatic rings. The molecule has 6 heteroatoms. The molecule has 0 aromatic heterocycles. The fourth-order valence-electron chi connectivity index (χ4n) is 2.15. The summed E-state index contributed by atoms with van der Waals surface area (Å²) in [5.41, 5.74) is 6.77. The molecule has 0 radical (unpaired) electrons. The average Bonchev–Trinajstić information content (AvgIpc) is 2.54. The number of hydrogen-bond acceptors (Lipinski definition) is 4. The van der Waals surface area contributed by atoms with Crippen LogP contribution in [-0.4, -0.2) is 24.5 Å². The summed E-state index contributed by atoms with van der Waals surface area (Å²) in [7, 11) is 0. The summed E-state index contributed by atoms with van der Waals surface area (Å²) >= 11 is 0. The van der Waals surface area contributed by atoms with Gasteiger partial charge < -0.3 is 21.1 Å². The number of benzene rings is 2. The van der Waals surface area contributed by atoms with Gasteiger partial charge in [0.2, 0.25) is 5.91 Å². The number of anilines is 2. The van der Waals surface area contributed by atoms with Gasteiger partial charge in [-0.05, 0) is 38.1 Å². The van der Waals surface area contributed by atoms with Crippen molar-refractivity contribution in [3.8, 4) is 5.75 Å². The Bertz CT molecular complexity index is 729. The second-order valence-corrected chi connectivity index (χ2v) is 5.47. The minimum atomic E-state index is -0.547. The Kier molecular flexibility index (Phi) is 5.78. The quantitative estimate of drug-likeness (QED) is 0.729. The lowest BCUT2D eigenvalue weighted by molar-refractivity contribution is -0.114. The van der Waals surface area contributed by atoms with E-state index in [2.05, 4.69) is 10.6 Å². The Morgan fingerprint density at radius 2 is 1.67 bits per heavy atom. The van der Waals surface area contributed by atoms with E-state index in [1.54, 1.807) is 36.4 Å². The maximum atomic E-state index is 12.2. The molecule has 2 aromatic rings. The van der Waals surface area contributed by atoms with Crippen LogP contribution in [0, 0.1) is 0 Å². The zero-order chi connectivity index (χ0) is 17.5. The maximum absolute atomic E-state index is 12.2. The first-order chi connectivity index (χ1) is 11.5. The molecule has 24 heavy (non-hydrogen) atoms. The summed E-state index contributed by atoms with van der Waals surface area (Å²) in [4.78, 5) is 23.5. The smallest absolute Gasteiger partial charge is 0.250 e. The minimum absolute atomic E-state index is 0.000304. The summed E-state index contributed by atoms with van der Waals surface area (Å²) in [5, 5.41) is 5.71. The van der Waals surface area contributed by atoms with E-state index in [4.69, 9.17) is 10.5 Å². The lowest BCUT2D eigenvalue weighted by atomic mass is 10.1. The zero-order valence-corrected chi connectivity index (χ0v) is 13.7. The average molecular weight is 327 g/mol. The van der Waals surface area contributed by atoms with Crippen LogP contribution in [-0.2, 0) is 4.79 Å². The van der Waals surface area contributed by atoms with Gasteiger partial charge in [-0.3, -0.25) is 9.59 Å². The Morgan fingerprint density at radius 3 is 2.33 bits per heavy atom. The summed E-state index contributed by atoms with van der Waals surface area (Å²) in [5.74, 6) is -0.193. The number of rotatable bonds is 7. The fraction of sp³-hybridized carbons (Fsp3) is 0.222. The molecule has 2 rings (SSSR count). The first-order valence-corrected chi connectivity index (χ1v) is 7.65. The number of nitrogens with two attached hydrogens (primary N) is 1. The standard InChI is InChI=1S/C18H21N3O3/c1-12(2)24-16-10-6-5-9-15(16)21-17(22)11-20-14-8-4-3-7-13(14)18(19)23/h3-10,12,20H,11H2,1-2H3,(H2,19,23)(H,21,22). The highest BCUT2D eigenvalue weighted by molar-refractivity contribution is 6.00. The van der Waals surface area contributed by atoms with Gasteiger partial charge in [-0.1, -0.05) is 24.3 Å². The molecule has 0 aliphatic heterocycles. The molecule has 0 spiro atoms. The predicted octanol–water partition coefficient (Wildman–Crippen LogP) is 2.62. The lowest BCUT2D eigenvalue weighted by Crippen LogP contribution is -2.24. The molecule has 2 amide bonds. The molecule has 4 N–H and O–H groups in total. The SMILES string of the molecule is CC(C)Oc1ccccc1NC(=O)CNc1ccccc1C(N)=O. The monoisotopic (exact) mass is 327 g/mol. The number of hydrogen-bond donors (Lipinski definition) is 3. The molecule has 0 unspecified atom stereocenters. The second-order valence-electron chi connectivity index (χ2n) is 5.47. The van der Waals surface area contributed by atoms with Crippen molar-refractivity contribution in [2.45, 2.75) is 20.0 Å². The van der Waals surface area contributed by atoms with Crippen molar-refractivity contribution < 1.29 is 14.3 Å². The van der Waals surface area contributed by atoms with Crippen molar-refractivity contribution in [1.29, 1.82) is 0 Å². The van der Waals surface area contributed by atoms with Crippen LogP contribution >= 0.6 is 0 Å². The Morgan fingerprint density at radius 1 is 1.04 bits per heavy atom. The molecule has 0 fully saturated rings. The summed E-state index contributed by atoms with van der Waals surface area (Å²) in [6, 6.07) is 14.0. The van der Waals surface area contributed by atoms with E-state index in [-0.39, 0.29) is 18.6 Å². The number of carbonyl (C=O) groups is 2. The van der Waals surface area contributed by atoms with Crippen LogP contribution in [0.1, 0.15) is 24.2 Å². The molecule has 0 atom stereocenters. The van der Waals surface area contributed by atoms with Crippen molar-refractivity contribution in [2.75, 3.05) is 17.2 Å². The zero-order valence-electron chi connectivity index (χ0n) is 13.7. The molecular formula is C18H21N3O3. The van der Waals surface area contributed by atoms with Gasteiger partial charge in [0.25, 0.3) is 5.91 Å². The largest absolute Gasteiger partial charge is 0.489 e. The van der Waals surface area contributed by atoms with E-state index in [9.17, 15) is 9.59 Å². The van der Waals surface area contributed by atoms with Crippen LogP contribution in [0.5, 0.6) is 5.75 Å². The number of para-hydroxylation sites is 3. The molecule has 126 valence electrons. The third-order valence-corrected chi connectivity index (χ3v) is 3.16. The van der Waals surface area contributed by atoms with E-state index >= 15 is 0 Å². The Labute approximate surface area is 141 Å². The summed E-state index contributed by atoms with van der Waals surface area (Å²) in [6.45, 7) is 3.84. The first kappa shape index (κ1) is 17.3. The Balaban J connectivity index is 2.01. The van der Waals surface area contributed by atoms with Gasteiger partial charge in [-0.15, -0.1) is 0 Å². The molecule has 0 saturated carbocycles. The van der Waals surface area contributed by atoms with Crippen LogP contribution in [0.4, 0.5) is 11.4 Å². The molecule has 2 aromatic carbocycles. The van der Waals surface area contributed by atoms with E-state index in [0.717, 1.165) is 0 Å². The van der Waals surface area contributed by atoms with E-state index in [1.165, 1.54) is 0 Å². The van der Waals surface area contributed by atoms with Crippen LogP contribution < -0.4 is 21.1 Å². The molecule has 0 saturated heterocycles. The third-order valence-electron chi connectivity index (χ3n) is 3.16. The highest BCUT2D eigenvalue weighted by atomic mass is 16.5. The van der Waals surface area contributed by atoms with Crippen LogP contribution in [0.15, 0.2) is 48.5 Å². The van der Waals surface area contributed by atoms with E-state index in [1.807, 2.05) is 26.0 Å². The van der Waals surface area contributed by atoms with Crippen LogP contribution in [0.3, 0.4) is 0 Å². The normalized spacial score (nSPS) is 10.3. The predicted molar refractivity (Wildman–Crippen MR) is 94.3 cm³/mol. The van der Waals surface area contributed by atoms with Gasteiger partial charge in [-0.2, -0.15) is 0 Å². The van der Waals surface area contributed by atoms with E-state index in [0.29, 0.717) is 22.7 Å². The topological polar surface area (TPSA) is 93.4 Å². The van der Waals surface area contributed by atoms with E-state index < -0.39 is 5.91 Å². The van der Waals surface area contributed by atoms with Crippen LogP contribution in [0.2, 0.25) is 0 Å². The second kappa shape index (κ2) is 8.01. The van der Waals surface area contributed by atoms with Gasteiger partial charge in [0, 0.05) is 5.69 Å². The van der Waals surface area contributed by atoms with Gasteiger partial charge in [-0.25, -0.2) is 0 Å². The summed E-state index contributed by atoms with van der Waals surface area (Å²) in [6.07, 6.45) is 0.00335. The molecule has 0 aliphatic carbocycles. The number of nitrogens with one attached hydrogen (secondary N) is 2. The third kappa shape index (κ3) is 4.74. The molecule has 0 bridgehead atoms. The van der Waals surface area contributed by atoms with Gasteiger partial charge >= 0.3 is 0 Å².